The molecule has 1 fully saturated rings. The molecule has 1 aromatic heterocycles. The third-order valence-electron chi connectivity index (χ3n) is 6.58. The first-order valence-corrected chi connectivity index (χ1v) is 12.4. The van der Waals surface area contributed by atoms with Gasteiger partial charge in [0.15, 0.2) is 5.78 Å². The van der Waals surface area contributed by atoms with Crippen LogP contribution in [0.1, 0.15) is 46.4 Å². The number of aliphatic imine (C=N–C) groups is 1. The van der Waals surface area contributed by atoms with Crippen molar-refractivity contribution in [3.63, 3.8) is 0 Å². The van der Waals surface area contributed by atoms with Crippen molar-refractivity contribution >= 4 is 17.2 Å². The quantitative estimate of drug-likeness (QED) is 0.481. The van der Waals surface area contributed by atoms with Gasteiger partial charge in [0.25, 0.3) is 0 Å². The maximum Gasteiger partial charge on any atom is 0.170 e. The third kappa shape index (κ3) is 6.21. The first kappa shape index (κ1) is 23.4. The molecule has 2 aliphatic heterocycles. The number of carbonyl (C=O) groups is 1. The number of ketones is 1. The van der Waals surface area contributed by atoms with Gasteiger partial charge in [-0.15, -0.1) is 0 Å². The summed E-state index contributed by atoms with van der Waals surface area (Å²) in [4.78, 5) is 22.1. The Morgan fingerprint density at radius 1 is 0.971 bits per heavy atom. The monoisotopic (exact) mass is 469 g/mol. The summed E-state index contributed by atoms with van der Waals surface area (Å²) in [6.45, 7) is 3.47. The second-order valence-electron chi connectivity index (χ2n) is 9.21. The Bertz CT molecular complexity index is 1170. The van der Waals surface area contributed by atoms with E-state index in [4.69, 9.17) is 14.5 Å². The van der Waals surface area contributed by atoms with Crippen LogP contribution in [0.2, 0.25) is 0 Å². The van der Waals surface area contributed by atoms with Crippen LogP contribution in [0.4, 0.5) is 5.69 Å². The molecule has 0 saturated carbocycles. The lowest BCUT2D eigenvalue weighted by molar-refractivity contribution is 0.0662. The van der Waals surface area contributed by atoms with Gasteiger partial charge < -0.3 is 14.8 Å². The van der Waals surface area contributed by atoms with E-state index in [-0.39, 0.29) is 18.8 Å². The molecule has 1 N–H and O–H groups in total. The minimum atomic E-state index is 0.0693. The Hall–Kier alpha value is -3.35. The zero-order valence-corrected chi connectivity index (χ0v) is 19.9. The van der Waals surface area contributed by atoms with E-state index in [9.17, 15) is 4.79 Å². The summed E-state index contributed by atoms with van der Waals surface area (Å²) in [6.07, 6.45) is 5.03. The highest BCUT2D eigenvalue weighted by Gasteiger charge is 2.23. The highest BCUT2D eigenvalue weighted by molar-refractivity contribution is 6.16. The van der Waals surface area contributed by atoms with Crippen molar-refractivity contribution in [2.75, 3.05) is 26.4 Å². The number of hydrogen-bond acceptors (Lipinski definition) is 6. The number of nitrogens with zero attached hydrogens (tertiary/aromatic N) is 2. The number of aromatic nitrogens is 1. The molecule has 0 atom stereocenters. The topological polar surface area (TPSA) is 72.8 Å². The standard InChI is InChI=1S/C29H31N3O3/c33-28-17-24(20-35-25-8-6-22(7-9-25)16-21-4-2-1-3-5-21)32-29-26(28)10-13-31-27(29)19-30-18-23-11-14-34-15-12-23/h1-10,13,23,30H,11-12,14-20H2. The minimum absolute atomic E-state index is 0.0693. The van der Waals surface area contributed by atoms with Gasteiger partial charge in [0.2, 0.25) is 0 Å². The van der Waals surface area contributed by atoms with Gasteiger partial charge in [-0.3, -0.25) is 14.8 Å². The summed E-state index contributed by atoms with van der Waals surface area (Å²) in [6, 6.07) is 20.3. The van der Waals surface area contributed by atoms with Gasteiger partial charge in [-0.1, -0.05) is 42.5 Å². The highest BCUT2D eigenvalue weighted by Crippen LogP contribution is 2.29. The van der Waals surface area contributed by atoms with Crippen molar-refractivity contribution < 1.29 is 14.3 Å². The number of benzene rings is 2. The molecule has 6 heteroatoms. The lowest BCUT2D eigenvalue weighted by Crippen LogP contribution is -2.28. The van der Waals surface area contributed by atoms with Gasteiger partial charge >= 0.3 is 0 Å². The van der Waals surface area contributed by atoms with E-state index in [0.29, 0.717) is 23.7 Å². The van der Waals surface area contributed by atoms with Crippen LogP contribution in [0.25, 0.3) is 0 Å². The number of rotatable bonds is 9. The van der Waals surface area contributed by atoms with Crippen molar-refractivity contribution in [3.05, 3.63) is 89.2 Å². The van der Waals surface area contributed by atoms with Gasteiger partial charge in [-0.05, 0) is 61.1 Å². The van der Waals surface area contributed by atoms with E-state index in [2.05, 4.69) is 46.7 Å². The van der Waals surface area contributed by atoms with Crippen molar-refractivity contribution in [3.8, 4) is 5.75 Å². The molecule has 0 amide bonds. The van der Waals surface area contributed by atoms with Crippen LogP contribution in [-0.2, 0) is 17.7 Å². The maximum atomic E-state index is 12.8. The van der Waals surface area contributed by atoms with Crippen LogP contribution < -0.4 is 10.1 Å². The van der Waals surface area contributed by atoms with E-state index in [0.717, 1.165) is 56.2 Å². The number of fused-ring (bicyclic) bond motifs is 1. The van der Waals surface area contributed by atoms with Crippen molar-refractivity contribution in [1.82, 2.24) is 10.3 Å². The lowest BCUT2D eigenvalue weighted by atomic mass is 9.99. The molecule has 2 aliphatic rings. The number of nitrogens with one attached hydrogen (secondary N) is 1. The van der Waals surface area contributed by atoms with Crippen LogP contribution in [0.15, 0.2) is 71.9 Å². The molecule has 6 nitrogen and oxygen atoms in total. The minimum Gasteiger partial charge on any atom is -0.488 e. The second kappa shape index (κ2) is 11.4. The fourth-order valence-corrected chi connectivity index (χ4v) is 4.58. The molecular formula is C29H31N3O3. The molecule has 180 valence electrons. The fraction of sp³-hybridized carbons (Fsp3) is 0.345. The molecule has 0 unspecified atom stereocenters. The van der Waals surface area contributed by atoms with Crippen molar-refractivity contribution in [2.24, 2.45) is 10.9 Å². The molecular weight excluding hydrogens is 438 g/mol. The summed E-state index contributed by atoms with van der Waals surface area (Å²) in [5, 5.41) is 3.50. The van der Waals surface area contributed by atoms with Crippen LogP contribution in [0.3, 0.4) is 0 Å². The Kier molecular flexibility index (Phi) is 7.61. The number of Topliss-reactive ketones (excluding diaryl/α,β-unsaturated/α-hetero) is 1. The van der Waals surface area contributed by atoms with Crippen LogP contribution >= 0.6 is 0 Å². The van der Waals surface area contributed by atoms with E-state index in [1.807, 2.05) is 18.2 Å². The zero-order chi connectivity index (χ0) is 23.9. The summed E-state index contributed by atoms with van der Waals surface area (Å²) >= 11 is 0. The predicted molar refractivity (Wildman–Crippen MR) is 137 cm³/mol. The molecule has 0 aliphatic carbocycles. The normalized spacial score (nSPS) is 16.0. The zero-order valence-electron chi connectivity index (χ0n) is 19.9. The van der Waals surface area contributed by atoms with E-state index >= 15 is 0 Å². The Labute approximate surface area is 206 Å². The van der Waals surface area contributed by atoms with E-state index in [1.54, 1.807) is 12.3 Å². The summed E-state index contributed by atoms with van der Waals surface area (Å²) < 4.78 is 11.4. The maximum absolute atomic E-state index is 12.8. The van der Waals surface area contributed by atoms with Crippen LogP contribution in [0.5, 0.6) is 5.75 Å². The van der Waals surface area contributed by atoms with E-state index in [1.165, 1.54) is 11.1 Å². The Morgan fingerprint density at radius 3 is 2.54 bits per heavy atom. The third-order valence-corrected chi connectivity index (χ3v) is 6.58. The van der Waals surface area contributed by atoms with Gasteiger partial charge in [0, 0.05) is 31.5 Å². The van der Waals surface area contributed by atoms with Crippen LogP contribution in [0, 0.1) is 5.92 Å². The summed E-state index contributed by atoms with van der Waals surface area (Å²) in [7, 11) is 0. The first-order chi connectivity index (χ1) is 17.2. The molecule has 0 radical (unpaired) electrons. The lowest BCUT2D eigenvalue weighted by Gasteiger charge is -2.22. The van der Waals surface area contributed by atoms with Crippen molar-refractivity contribution in [2.45, 2.75) is 32.2 Å². The fourth-order valence-electron chi connectivity index (χ4n) is 4.58. The second-order valence-corrected chi connectivity index (χ2v) is 9.21. The average molecular weight is 470 g/mol. The first-order valence-electron chi connectivity index (χ1n) is 12.4. The highest BCUT2D eigenvalue weighted by atomic mass is 16.5. The van der Waals surface area contributed by atoms with Crippen LogP contribution in [-0.4, -0.2) is 42.8 Å². The molecule has 1 saturated heterocycles. The summed E-state index contributed by atoms with van der Waals surface area (Å²) in [5.41, 5.74) is 5.38. The van der Waals surface area contributed by atoms with Gasteiger partial charge in [0.1, 0.15) is 12.4 Å². The SMILES string of the molecule is O=C1CC(COc2ccc(Cc3ccccc3)cc2)=Nc2c1ccnc2CNCC1CCOCC1. The van der Waals surface area contributed by atoms with Gasteiger partial charge in [-0.25, -0.2) is 0 Å². The predicted octanol–water partition coefficient (Wildman–Crippen LogP) is 4.93. The molecule has 35 heavy (non-hydrogen) atoms. The van der Waals surface area contributed by atoms with Gasteiger partial charge in [0.05, 0.1) is 23.5 Å². The number of hydrogen-bond donors (Lipinski definition) is 1. The van der Waals surface area contributed by atoms with E-state index < -0.39 is 0 Å². The van der Waals surface area contributed by atoms with Crippen molar-refractivity contribution in [1.29, 1.82) is 0 Å². The average Bonchev–Trinajstić information content (AvgIpc) is 2.90. The number of pyridine rings is 1. The smallest absolute Gasteiger partial charge is 0.170 e. The Morgan fingerprint density at radius 2 is 1.74 bits per heavy atom. The Balaban J connectivity index is 1.20. The number of ether oxygens (including phenoxy) is 2. The molecule has 2 aromatic carbocycles. The largest absolute Gasteiger partial charge is 0.488 e. The summed E-state index contributed by atoms with van der Waals surface area (Å²) in [5.74, 6) is 1.46. The van der Waals surface area contributed by atoms with Gasteiger partial charge in [-0.2, -0.15) is 0 Å². The molecule has 3 aromatic rings. The molecule has 0 spiro atoms. The molecule has 5 rings (SSSR count). The number of carbonyl (C=O) groups excluding carboxylic acids is 1. The molecule has 0 bridgehead atoms. The molecule has 3 heterocycles.